The van der Waals surface area contributed by atoms with Gasteiger partial charge in [0.1, 0.15) is 0 Å². The average Bonchev–Trinajstić information content (AvgIpc) is 3.04. The molecule has 186 valence electrons. The third-order valence-electron chi connectivity index (χ3n) is 7.99. The first kappa shape index (κ1) is 24.6. The van der Waals surface area contributed by atoms with Gasteiger partial charge in [-0.3, -0.25) is 0 Å². The van der Waals surface area contributed by atoms with Crippen molar-refractivity contribution in [1.29, 1.82) is 0 Å². The smallest absolute Gasteiger partial charge is 0.0591 e. The fraction of sp³-hybridized carbons (Fsp3) is 0.0769. The van der Waals surface area contributed by atoms with Gasteiger partial charge < -0.3 is 0 Å². The molecule has 0 saturated carbocycles. The molecular formula is C39H30. The maximum absolute atomic E-state index is 3.28. The molecule has 0 unspecified atom stereocenters. The Morgan fingerprint density at radius 1 is 0.359 bits per heavy atom. The van der Waals surface area contributed by atoms with Crippen molar-refractivity contribution in [3.63, 3.8) is 0 Å². The summed E-state index contributed by atoms with van der Waals surface area (Å²) in [6, 6.07) is 67.8. The average molecular weight is 499 g/mol. The highest BCUT2D eigenvalue weighted by atomic mass is 14.6. The maximum atomic E-state index is 3.28. The van der Waals surface area contributed by atoms with Crippen LogP contribution < -0.4 is 0 Å². The Balaban J connectivity index is 1.87. The summed E-state index contributed by atoms with van der Waals surface area (Å²) in [6.07, 6.45) is 0.792. The first-order valence-electron chi connectivity index (χ1n) is 13.5. The third kappa shape index (κ3) is 4.29. The number of hydrogen-bond donors (Lipinski definition) is 0. The molecule has 6 rings (SSSR count). The predicted molar refractivity (Wildman–Crippen MR) is 161 cm³/mol. The Morgan fingerprint density at radius 3 is 1.05 bits per heavy atom. The SMILES string of the molecule is [c]1ccc(C(Cc2ccccc2)(c2cc[c]cc2)C(c2ccccc2)(c2ccccc2)c2ccccc2)cc1. The van der Waals surface area contributed by atoms with Gasteiger partial charge >= 0.3 is 0 Å². The van der Waals surface area contributed by atoms with Crippen LogP contribution in [-0.2, 0) is 17.3 Å². The topological polar surface area (TPSA) is 0 Å². The van der Waals surface area contributed by atoms with E-state index in [1.807, 2.05) is 0 Å². The zero-order valence-corrected chi connectivity index (χ0v) is 21.9. The van der Waals surface area contributed by atoms with Crippen LogP contribution in [0.1, 0.15) is 33.4 Å². The van der Waals surface area contributed by atoms with Gasteiger partial charge in [-0.25, -0.2) is 0 Å². The molecule has 0 saturated heterocycles. The molecular weight excluding hydrogens is 468 g/mol. The van der Waals surface area contributed by atoms with E-state index in [0.717, 1.165) is 6.42 Å². The van der Waals surface area contributed by atoms with Crippen molar-refractivity contribution >= 4 is 0 Å². The van der Waals surface area contributed by atoms with Crippen LogP contribution in [0, 0.1) is 12.1 Å². The Bertz CT molecular complexity index is 1440. The maximum Gasteiger partial charge on any atom is 0.0591 e. The van der Waals surface area contributed by atoms with Crippen LogP contribution in [-0.4, -0.2) is 0 Å². The van der Waals surface area contributed by atoms with E-state index >= 15 is 0 Å². The molecule has 0 nitrogen and oxygen atoms in total. The minimum absolute atomic E-state index is 0.525. The highest BCUT2D eigenvalue weighted by Gasteiger charge is 2.56. The summed E-state index contributed by atoms with van der Waals surface area (Å²) in [4.78, 5) is 0. The molecule has 2 radical (unpaired) electrons. The molecule has 0 bridgehead atoms. The van der Waals surface area contributed by atoms with E-state index in [-0.39, 0.29) is 0 Å². The van der Waals surface area contributed by atoms with E-state index in [4.69, 9.17) is 0 Å². The second-order valence-electron chi connectivity index (χ2n) is 9.99. The van der Waals surface area contributed by atoms with Crippen molar-refractivity contribution in [2.75, 3.05) is 0 Å². The van der Waals surface area contributed by atoms with Crippen LogP contribution in [0.15, 0.2) is 170 Å². The second-order valence-corrected chi connectivity index (χ2v) is 9.99. The van der Waals surface area contributed by atoms with E-state index in [1.165, 1.54) is 33.4 Å². The number of benzene rings is 6. The second kappa shape index (κ2) is 11.0. The molecule has 6 aromatic rings. The first-order chi connectivity index (χ1) is 19.4. The van der Waals surface area contributed by atoms with Gasteiger partial charge in [-0.05, 0) is 51.9 Å². The molecule has 6 aromatic carbocycles. The molecule has 0 aliphatic rings. The van der Waals surface area contributed by atoms with Gasteiger partial charge in [-0.2, -0.15) is 0 Å². The fourth-order valence-electron chi connectivity index (χ4n) is 6.48. The normalized spacial score (nSPS) is 11.7. The van der Waals surface area contributed by atoms with Crippen LogP contribution in [0.5, 0.6) is 0 Å². The highest BCUT2D eigenvalue weighted by molar-refractivity contribution is 5.63. The summed E-state index contributed by atoms with van der Waals surface area (Å²) >= 11 is 0. The lowest BCUT2D eigenvalue weighted by atomic mass is 9.47. The molecule has 0 aromatic heterocycles. The quantitative estimate of drug-likeness (QED) is 0.184. The summed E-state index contributed by atoms with van der Waals surface area (Å²) < 4.78 is 0. The van der Waals surface area contributed by atoms with E-state index in [1.54, 1.807) is 0 Å². The predicted octanol–water partition coefficient (Wildman–Crippen LogP) is 8.85. The van der Waals surface area contributed by atoms with E-state index in [2.05, 4.69) is 182 Å². The summed E-state index contributed by atoms with van der Waals surface area (Å²) in [5.74, 6) is 0. The van der Waals surface area contributed by atoms with Gasteiger partial charge in [0.15, 0.2) is 0 Å². The van der Waals surface area contributed by atoms with E-state index in [0.29, 0.717) is 0 Å². The number of rotatable bonds is 8. The molecule has 0 amide bonds. The lowest BCUT2D eigenvalue weighted by Crippen LogP contribution is -2.53. The van der Waals surface area contributed by atoms with Gasteiger partial charge in [-0.15, -0.1) is 0 Å². The van der Waals surface area contributed by atoms with Crippen molar-refractivity contribution in [2.24, 2.45) is 0 Å². The summed E-state index contributed by atoms with van der Waals surface area (Å²) in [7, 11) is 0. The van der Waals surface area contributed by atoms with Gasteiger partial charge in [0.2, 0.25) is 0 Å². The molecule has 0 spiro atoms. The van der Waals surface area contributed by atoms with E-state index in [9.17, 15) is 0 Å². The molecule has 0 atom stereocenters. The standard InChI is InChI=1S/C39H30/c1-7-19-32(20-8-1)31-38(33-21-9-2-10-22-33,34-23-11-3-12-24-34)39(35-25-13-4-14-26-35,36-27-15-5-16-28-36)37-29-17-6-18-30-37/h1,4-30H,31H2. The number of hydrogen-bond acceptors (Lipinski definition) is 0. The van der Waals surface area contributed by atoms with Crippen LogP contribution in [0.2, 0.25) is 0 Å². The molecule has 0 heterocycles. The Kier molecular flexibility index (Phi) is 6.93. The molecule has 0 N–H and O–H groups in total. The third-order valence-corrected chi connectivity index (χ3v) is 7.99. The van der Waals surface area contributed by atoms with Crippen LogP contribution in [0.25, 0.3) is 0 Å². The van der Waals surface area contributed by atoms with Crippen LogP contribution >= 0.6 is 0 Å². The highest BCUT2D eigenvalue weighted by Crippen LogP contribution is 2.58. The van der Waals surface area contributed by atoms with Gasteiger partial charge in [0.05, 0.1) is 5.41 Å². The lowest BCUT2D eigenvalue weighted by molar-refractivity contribution is 0.353. The summed E-state index contributed by atoms with van der Waals surface area (Å²) in [5.41, 5.74) is 6.42. The molecule has 0 fully saturated rings. The van der Waals surface area contributed by atoms with Gasteiger partial charge in [0.25, 0.3) is 0 Å². The molecule has 39 heavy (non-hydrogen) atoms. The largest absolute Gasteiger partial charge is 0.0622 e. The van der Waals surface area contributed by atoms with E-state index < -0.39 is 10.8 Å². The van der Waals surface area contributed by atoms with Crippen molar-refractivity contribution in [3.8, 4) is 0 Å². The van der Waals surface area contributed by atoms with Crippen LogP contribution in [0.4, 0.5) is 0 Å². The fourth-order valence-corrected chi connectivity index (χ4v) is 6.48. The summed E-state index contributed by atoms with van der Waals surface area (Å²) in [6.45, 7) is 0. The van der Waals surface area contributed by atoms with Gasteiger partial charge in [0, 0.05) is 5.41 Å². The minimum atomic E-state index is -0.574. The summed E-state index contributed by atoms with van der Waals surface area (Å²) in [5, 5.41) is 0. The van der Waals surface area contributed by atoms with Gasteiger partial charge in [-0.1, -0.05) is 170 Å². The first-order valence-corrected chi connectivity index (χ1v) is 13.5. The lowest BCUT2D eigenvalue weighted by Gasteiger charge is -2.53. The Morgan fingerprint density at radius 2 is 0.692 bits per heavy atom. The Labute approximate surface area is 232 Å². The molecule has 0 aliphatic heterocycles. The minimum Gasteiger partial charge on any atom is -0.0622 e. The van der Waals surface area contributed by atoms with Crippen molar-refractivity contribution in [3.05, 3.63) is 215 Å². The molecule has 0 aliphatic carbocycles. The van der Waals surface area contributed by atoms with Crippen molar-refractivity contribution in [2.45, 2.75) is 17.3 Å². The monoisotopic (exact) mass is 498 g/mol. The Hall–Kier alpha value is -4.68. The van der Waals surface area contributed by atoms with Crippen molar-refractivity contribution < 1.29 is 0 Å². The zero-order chi connectivity index (χ0) is 26.4. The van der Waals surface area contributed by atoms with Crippen molar-refractivity contribution in [1.82, 2.24) is 0 Å². The zero-order valence-electron chi connectivity index (χ0n) is 21.9. The molecule has 0 heteroatoms. The van der Waals surface area contributed by atoms with Crippen LogP contribution in [0.3, 0.4) is 0 Å².